The summed E-state index contributed by atoms with van der Waals surface area (Å²) in [5, 5.41) is 3.65. The van der Waals surface area contributed by atoms with Crippen molar-refractivity contribution < 1.29 is 9.53 Å². The molecule has 1 aliphatic rings. The number of halogens is 1. The molecule has 1 saturated heterocycles. The van der Waals surface area contributed by atoms with Crippen molar-refractivity contribution in [2.45, 2.75) is 26.7 Å². The third-order valence-corrected chi connectivity index (χ3v) is 5.74. The van der Waals surface area contributed by atoms with Crippen LogP contribution in [0.25, 0.3) is 11.0 Å². The zero-order valence-corrected chi connectivity index (χ0v) is 17.9. The SMILES string of the molecule is CCOc1nc2ccccc2nc1N1CCCC(C(=O)Nc2ccc(C)c(Cl)c2)C1. The average molecular weight is 425 g/mol. The lowest BCUT2D eigenvalue weighted by Gasteiger charge is -2.33. The number of benzene rings is 2. The van der Waals surface area contributed by atoms with Crippen molar-refractivity contribution in [1.29, 1.82) is 0 Å². The zero-order chi connectivity index (χ0) is 21.1. The van der Waals surface area contributed by atoms with Crippen molar-refractivity contribution in [3.63, 3.8) is 0 Å². The second-order valence-electron chi connectivity index (χ2n) is 7.51. The maximum absolute atomic E-state index is 12.9. The van der Waals surface area contributed by atoms with Crippen LogP contribution in [0.1, 0.15) is 25.3 Å². The van der Waals surface area contributed by atoms with E-state index in [0.29, 0.717) is 35.6 Å². The summed E-state index contributed by atoms with van der Waals surface area (Å²) >= 11 is 6.19. The first-order chi connectivity index (χ1) is 14.5. The number of aromatic nitrogens is 2. The third kappa shape index (κ3) is 4.33. The minimum Gasteiger partial charge on any atom is -0.475 e. The summed E-state index contributed by atoms with van der Waals surface area (Å²) in [5.41, 5.74) is 3.31. The highest BCUT2D eigenvalue weighted by molar-refractivity contribution is 6.31. The lowest BCUT2D eigenvalue weighted by molar-refractivity contribution is -0.120. The van der Waals surface area contributed by atoms with Gasteiger partial charge in [0.25, 0.3) is 5.88 Å². The molecule has 0 bridgehead atoms. The quantitative estimate of drug-likeness (QED) is 0.634. The minimum atomic E-state index is -0.151. The Morgan fingerprint density at radius 1 is 1.23 bits per heavy atom. The Kier molecular flexibility index (Phi) is 6.04. The van der Waals surface area contributed by atoms with Crippen molar-refractivity contribution in [3.8, 4) is 5.88 Å². The molecular formula is C23H25ClN4O2. The number of hydrogen-bond acceptors (Lipinski definition) is 5. The van der Waals surface area contributed by atoms with Crippen LogP contribution in [0, 0.1) is 12.8 Å². The summed E-state index contributed by atoms with van der Waals surface area (Å²) in [6, 6.07) is 13.3. The highest BCUT2D eigenvalue weighted by atomic mass is 35.5. The van der Waals surface area contributed by atoms with Crippen LogP contribution in [0.2, 0.25) is 5.02 Å². The van der Waals surface area contributed by atoms with Gasteiger partial charge in [-0.1, -0.05) is 29.8 Å². The highest BCUT2D eigenvalue weighted by Gasteiger charge is 2.29. The molecule has 1 unspecified atom stereocenters. The molecular weight excluding hydrogens is 400 g/mol. The Labute approximate surface area is 181 Å². The second kappa shape index (κ2) is 8.88. The van der Waals surface area contributed by atoms with Crippen LogP contribution in [0.4, 0.5) is 11.5 Å². The molecule has 156 valence electrons. The largest absolute Gasteiger partial charge is 0.475 e. The molecule has 0 saturated carbocycles. The van der Waals surface area contributed by atoms with E-state index in [1.807, 2.05) is 50.2 Å². The fraction of sp³-hybridized carbons (Fsp3) is 0.348. The molecule has 1 amide bonds. The van der Waals surface area contributed by atoms with E-state index in [-0.39, 0.29) is 11.8 Å². The Balaban J connectivity index is 1.55. The van der Waals surface area contributed by atoms with Gasteiger partial charge in [0.05, 0.1) is 23.6 Å². The average Bonchev–Trinajstić information content (AvgIpc) is 2.76. The van der Waals surface area contributed by atoms with Gasteiger partial charge in [0, 0.05) is 23.8 Å². The fourth-order valence-electron chi connectivity index (χ4n) is 3.71. The minimum absolute atomic E-state index is 0.00803. The molecule has 0 aliphatic carbocycles. The van der Waals surface area contributed by atoms with Crippen LogP contribution in [-0.2, 0) is 4.79 Å². The molecule has 1 aromatic heterocycles. The van der Waals surface area contributed by atoms with Gasteiger partial charge < -0.3 is 15.0 Å². The van der Waals surface area contributed by atoms with Gasteiger partial charge in [-0.05, 0) is 56.5 Å². The predicted octanol–water partition coefficient (Wildman–Crippen LogP) is 4.85. The summed E-state index contributed by atoms with van der Waals surface area (Å²) in [6.07, 6.45) is 1.72. The molecule has 2 heterocycles. The maximum atomic E-state index is 12.9. The number of aryl methyl sites for hydroxylation is 1. The van der Waals surface area contributed by atoms with E-state index in [2.05, 4.69) is 15.2 Å². The van der Waals surface area contributed by atoms with Crippen LogP contribution in [0.5, 0.6) is 5.88 Å². The number of fused-ring (bicyclic) bond motifs is 1. The first-order valence-corrected chi connectivity index (χ1v) is 10.6. The number of ether oxygens (including phenoxy) is 1. The number of para-hydroxylation sites is 2. The third-order valence-electron chi connectivity index (χ3n) is 5.33. The van der Waals surface area contributed by atoms with Gasteiger partial charge in [0.2, 0.25) is 5.91 Å². The van der Waals surface area contributed by atoms with E-state index in [1.165, 1.54) is 0 Å². The number of nitrogens with one attached hydrogen (secondary N) is 1. The van der Waals surface area contributed by atoms with Crippen LogP contribution in [0.3, 0.4) is 0 Å². The predicted molar refractivity (Wildman–Crippen MR) is 120 cm³/mol. The van der Waals surface area contributed by atoms with Gasteiger partial charge in [0.15, 0.2) is 5.82 Å². The van der Waals surface area contributed by atoms with E-state index < -0.39 is 0 Å². The number of amides is 1. The first-order valence-electron chi connectivity index (χ1n) is 10.3. The van der Waals surface area contributed by atoms with Gasteiger partial charge in [-0.15, -0.1) is 0 Å². The Morgan fingerprint density at radius 3 is 2.73 bits per heavy atom. The molecule has 1 N–H and O–H groups in total. The van der Waals surface area contributed by atoms with Crippen LogP contribution < -0.4 is 15.0 Å². The standard InChI is InChI=1S/C23H25ClN4O2/c1-3-30-23-21(26-19-8-4-5-9-20(19)27-23)28-12-6-7-16(14-28)22(29)25-17-11-10-15(2)18(24)13-17/h4-5,8-11,13,16H,3,6-7,12,14H2,1-2H3,(H,25,29). The Bertz CT molecular complexity index is 1070. The lowest BCUT2D eigenvalue weighted by atomic mass is 9.97. The highest BCUT2D eigenvalue weighted by Crippen LogP contribution is 2.31. The summed E-state index contributed by atoms with van der Waals surface area (Å²) in [4.78, 5) is 24.5. The molecule has 6 nitrogen and oxygen atoms in total. The molecule has 0 spiro atoms. The molecule has 2 aromatic carbocycles. The fourth-order valence-corrected chi connectivity index (χ4v) is 3.89. The topological polar surface area (TPSA) is 67.4 Å². The van der Waals surface area contributed by atoms with Gasteiger partial charge >= 0.3 is 0 Å². The van der Waals surface area contributed by atoms with E-state index in [4.69, 9.17) is 21.3 Å². The van der Waals surface area contributed by atoms with Gasteiger partial charge in [-0.3, -0.25) is 4.79 Å². The van der Waals surface area contributed by atoms with Crippen molar-refractivity contribution in [2.24, 2.45) is 5.92 Å². The van der Waals surface area contributed by atoms with Crippen LogP contribution in [-0.4, -0.2) is 35.6 Å². The number of anilines is 2. The van der Waals surface area contributed by atoms with Gasteiger partial charge in [-0.2, -0.15) is 0 Å². The molecule has 1 atom stereocenters. The van der Waals surface area contributed by atoms with Gasteiger partial charge in [-0.25, -0.2) is 9.97 Å². The number of carbonyl (C=O) groups excluding carboxylic acids is 1. The monoisotopic (exact) mass is 424 g/mol. The summed E-state index contributed by atoms with van der Waals surface area (Å²) < 4.78 is 5.78. The molecule has 1 aliphatic heterocycles. The van der Waals surface area contributed by atoms with Crippen molar-refractivity contribution in [2.75, 3.05) is 29.9 Å². The molecule has 1 fully saturated rings. The normalized spacial score (nSPS) is 16.5. The second-order valence-corrected chi connectivity index (χ2v) is 7.92. The molecule has 3 aromatic rings. The smallest absolute Gasteiger partial charge is 0.258 e. The molecule has 30 heavy (non-hydrogen) atoms. The van der Waals surface area contributed by atoms with E-state index in [0.717, 1.165) is 36.0 Å². The first kappa shape index (κ1) is 20.4. The molecule has 7 heteroatoms. The molecule has 0 radical (unpaired) electrons. The number of rotatable bonds is 5. The Morgan fingerprint density at radius 2 is 2.00 bits per heavy atom. The van der Waals surface area contributed by atoms with Crippen LogP contribution >= 0.6 is 11.6 Å². The number of piperidine rings is 1. The van der Waals surface area contributed by atoms with E-state index >= 15 is 0 Å². The summed E-state index contributed by atoms with van der Waals surface area (Å²) in [6.45, 7) is 5.75. The van der Waals surface area contributed by atoms with E-state index in [9.17, 15) is 4.79 Å². The number of nitrogens with zero attached hydrogens (tertiary/aromatic N) is 3. The number of carbonyl (C=O) groups is 1. The summed E-state index contributed by atoms with van der Waals surface area (Å²) in [7, 11) is 0. The van der Waals surface area contributed by atoms with E-state index in [1.54, 1.807) is 6.07 Å². The van der Waals surface area contributed by atoms with Crippen LogP contribution in [0.15, 0.2) is 42.5 Å². The van der Waals surface area contributed by atoms with Crippen molar-refractivity contribution >= 4 is 40.0 Å². The maximum Gasteiger partial charge on any atom is 0.258 e. The Hall–Kier alpha value is -2.86. The van der Waals surface area contributed by atoms with Crippen molar-refractivity contribution in [1.82, 2.24) is 9.97 Å². The summed E-state index contributed by atoms with van der Waals surface area (Å²) in [5.74, 6) is 1.06. The molecule has 4 rings (SSSR count). The van der Waals surface area contributed by atoms with Gasteiger partial charge in [0.1, 0.15) is 0 Å². The lowest BCUT2D eigenvalue weighted by Crippen LogP contribution is -2.41. The number of hydrogen-bond donors (Lipinski definition) is 1. The zero-order valence-electron chi connectivity index (χ0n) is 17.2. The van der Waals surface area contributed by atoms with Crippen molar-refractivity contribution in [3.05, 3.63) is 53.1 Å².